The smallest absolute Gasteiger partial charge is 0.202 e. The van der Waals surface area contributed by atoms with Crippen LogP contribution in [0.2, 0.25) is 0 Å². The maximum absolute atomic E-state index is 12.6. The number of phenols is 2. The molecule has 0 saturated carbocycles. The van der Waals surface area contributed by atoms with E-state index in [-0.39, 0.29) is 39.5 Å². The van der Waals surface area contributed by atoms with Crippen molar-refractivity contribution in [1.29, 1.82) is 0 Å². The first-order chi connectivity index (χ1) is 9.97. The maximum atomic E-state index is 12.6. The molecular weight excluding hydrogens is 272 g/mol. The standard InChI is InChI=1S/C16H12O5/c1-7-6-10(21-2)12-13(14(7)18)16(20)11-8(15(12)19)4-3-5-9(11)17/h3-6,17-18H,1-2H3. The lowest BCUT2D eigenvalue weighted by molar-refractivity contribution is 0.0971. The van der Waals surface area contributed by atoms with Crippen molar-refractivity contribution < 1.29 is 24.5 Å². The van der Waals surface area contributed by atoms with Crippen LogP contribution in [0, 0.1) is 6.92 Å². The van der Waals surface area contributed by atoms with Gasteiger partial charge in [0, 0.05) is 5.56 Å². The van der Waals surface area contributed by atoms with Gasteiger partial charge in [-0.3, -0.25) is 9.59 Å². The van der Waals surface area contributed by atoms with Crippen LogP contribution >= 0.6 is 0 Å². The number of benzene rings is 2. The van der Waals surface area contributed by atoms with Crippen LogP contribution in [0.25, 0.3) is 0 Å². The van der Waals surface area contributed by atoms with Crippen LogP contribution in [0.1, 0.15) is 37.4 Å². The molecule has 3 rings (SSSR count). The number of hydrogen-bond donors (Lipinski definition) is 2. The van der Waals surface area contributed by atoms with E-state index < -0.39 is 11.6 Å². The van der Waals surface area contributed by atoms with E-state index in [1.165, 1.54) is 31.4 Å². The van der Waals surface area contributed by atoms with Gasteiger partial charge in [0.2, 0.25) is 5.78 Å². The minimum absolute atomic E-state index is 0.0312. The molecule has 0 amide bonds. The fourth-order valence-electron chi connectivity index (χ4n) is 2.61. The summed E-state index contributed by atoms with van der Waals surface area (Å²) in [6.45, 7) is 1.61. The van der Waals surface area contributed by atoms with Crippen LogP contribution < -0.4 is 4.74 Å². The van der Waals surface area contributed by atoms with Gasteiger partial charge >= 0.3 is 0 Å². The third-order valence-corrected chi connectivity index (χ3v) is 3.64. The van der Waals surface area contributed by atoms with Crippen molar-refractivity contribution in [1.82, 2.24) is 0 Å². The van der Waals surface area contributed by atoms with Gasteiger partial charge in [0.15, 0.2) is 5.78 Å². The number of ether oxygens (including phenoxy) is 1. The molecule has 0 saturated heterocycles. The summed E-state index contributed by atoms with van der Waals surface area (Å²) in [5.41, 5.74) is 0.354. The summed E-state index contributed by atoms with van der Waals surface area (Å²) < 4.78 is 5.17. The average molecular weight is 284 g/mol. The number of phenolic OH excluding ortho intramolecular Hbond substituents is 2. The first kappa shape index (κ1) is 13.2. The number of ketones is 2. The van der Waals surface area contributed by atoms with Crippen LogP contribution in [0.4, 0.5) is 0 Å². The SMILES string of the molecule is COc1cc(C)c(O)c2c1C(=O)c1cccc(O)c1C2=O. The second kappa shape index (κ2) is 4.34. The summed E-state index contributed by atoms with van der Waals surface area (Å²) in [7, 11) is 1.39. The van der Waals surface area contributed by atoms with E-state index in [9.17, 15) is 19.8 Å². The molecule has 0 fully saturated rings. The zero-order chi connectivity index (χ0) is 15.3. The Kier molecular flexibility index (Phi) is 2.73. The number of aromatic hydroxyl groups is 2. The second-order valence-corrected chi connectivity index (χ2v) is 4.85. The molecule has 0 radical (unpaired) electrons. The molecule has 0 atom stereocenters. The molecule has 5 nitrogen and oxygen atoms in total. The predicted molar refractivity (Wildman–Crippen MR) is 74.4 cm³/mol. The zero-order valence-corrected chi connectivity index (χ0v) is 11.4. The Balaban J connectivity index is 2.43. The molecule has 1 aliphatic carbocycles. The van der Waals surface area contributed by atoms with Crippen LogP contribution in [-0.4, -0.2) is 28.9 Å². The fourth-order valence-corrected chi connectivity index (χ4v) is 2.61. The summed E-state index contributed by atoms with van der Waals surface area (Å²) >= 11 is 0. The lowest BCUT2D eigenvalue weighted by Crippen LogP contribution is -2.22. The van der Waals surface area contributed by atoms with Crippen molar-refractivity contribution in [2.75, 3.05) is 7.11 Å². The predicted octanol–water partition coefficient (Wildman–Crippen LogP) is 2.19. The number of carbonyl (C=O) groups excluding carboxylic acids is 2. The second-order valence-electron chi connectivity index (χ2n) is 4.85. The van der Waals surface area contributed by atoms with E-state index in [1.807, 2.05) is 0 Å². The molecule has 0 spiro atoms. The van der Waals surface area contributed by atoms with Crippen molar-refractivity contribution in [3.05, 3.63) is 52.1 Å². The molecule has 0 aromatic heterocycles. The zero-order valence-electron chi connectivity index (χ0n) is 11.4. The number of aryl methyl sites for hydroxylation is 1. The van der Waals surface area contributed by atoms with Crippen LogP contribution in [-0.2, 0) is 0 Å². The van der Waals surface area contributed by atoms with Gasteiger partial charge in [0.1, 0.15) is 17.2 Å². The quantitative estimate of drug-likeness (QED) is 0.715. The van der Waals surface area contributed by atoms with Gasteiger partial charge < -0.3 is 14.9 Å². The van der Waals surface area contributed by atoms with Gasteiger partial charge in [-0.05, 0) is 24.6 Å². The van der Waals surface area contributed by atoms with Gasteiger partial charge in [-0.1, -0.05) is 12.1 Å². The lowest BCUT2D eigenvalue weighted by atomic mass is 9.81. The van der Waals surface area contributed by atoms with Crippen molar-refractivity contribution in [2.45, 2.75) is 6.92 Å². The Morgan fingerprint density at radius 1 is 1.00 bits per heavy atom. The summed E-state index contributed by atoms with van der Waals surface area (Å²) in [5, 5.41) is 20.0. The molecule has 0 aliphatic heterocycles. The fraction of sp³-hybridized carbons (Fsp3) is 0.125. The molecule has 0 bridgehead atoms. The number of methoxy groups -OCH3 is 1. The Morgan fingerprint density at radius 2 is 1.71 bits per heavy atom. The molecular formula is C16H12O5. The van der Waals surface area contributed by atoms with E-state index >= 15 is 0 Å². The monoisotopic (exact) mass is 284 g/mol. The first-order valence-electron chi connectivity index (χ1n) is 6.29. The van der Waals surface area contributed by atoms with Crippen molar-refractivity contribution in [3.8, 4) is 17.2 Å². The normalized spacial score (nSPS) is 12.9. The van der Waals surface area contributed by atoms with Gasteiger partial charge in [-0.25, -0.2) is 0 Å². The highest BCUT2D eigenvalue weighted by Gasteiger charge is 2.37. The van der Waals surface area contributed by atoms with Gasteiger partial charge in [0.05, 0.1) is 23.8 Å². The Bertz CT molecular complexity index is 805. The number of carbonyl (C=O) groups is 2. The topological polar surface area (TPSA) is 83.8 Å². The summed E-state index contributed by atoms with van der Waals surface area (Å²) in [6.07, 6.45) is 0. The molecule has 2 aromatic carbocycles. The highest BCUT2D eigenvalue weighted by atomic mass is 16.5. The molecule has 2 N–H and O–H groups in total. The van der Waals surface area contributed by atoms with E-state index in [1.54, 1.807) is 6.92 Å². The Morgan fingerprint density at radius 3 is 2.38 bits per heavy atom. The van der Waals surface area contributed by atoms with Crippen molar-refractivity contribution in [3.63, 3.8) is 0 Å². The van der Waals surface area contributed by atoms with Gasteiger partial charge in [-0.2, -0.15) is 0 Å². The Hall–Kier alpha value is -2.82. The molecule has 106 valence electrons. The summed E-state index contributed by atoms with van der Waals surface area (Å²) in [5.74, 6) is -1.36. The van der Waals surface area contributed by atoms with Crippen LogP contribution in [0.5, 0.6) is 17.2 Å². The van der Waals surface area contributed by atoms with Crippen molar-refractivity contribution >= 4 is 11.6 Å². The first-order valence-corrected chi connectivity index (χ1v) is 6.29. The van der Waals surface area contributed by atoms with E-state index in [4.69, 9.17) is 4.74 Å². The summed E-state index contributed by atoms with van der Waals surface area (Å²) in [4.78, 5) is 25.2. The molecule has 1 aliphatic rings. The van der Waals surface area contributed by atoms with Gasteiger partial charge in [-0.15, -0.1) is 0 Å². The average Bonchev–Trinajstić information content (AvgIpc) is 2.46. The van der Waals surface area contributed by atoms with E-state index in [2.05, 4.69) is 0 Å². The lowest BCUT2D eigenvalue weighted by Gasteiger charge is -2.22. The number of rotatable bonds is 1. The van der Waals surface area contributed by atoms with E-state index in [0.29, 0.717) is 5.56 Å². The molecule has 21 heavy (non-hydrogen) atoms. The molecule has 2 aromatic rings. The Labute approximate surface area is 120 Å². The third-order valence-electron chi connectivity index (χ3n) is 3.64. The minimum atomic E-state index is -0.586. The summed E-state index contributed by atoms with van der Waals surface area (Å²) in [6, 6.07) is 5.80. The highest BCUT2D eigenvalue weighted by molar-refractivity contribution is 6.31. The maximum Gasteiger partial charge on any atom is 0.202 e. The van der Waals surface area contributed by atoms with Crippen LogP contribution in [0.15, 0.2) is 24.3 Å². The molecule has 0 heterocycles. The molecule has 5 heteroatoms. The highest BCUT2D eigenvalue weighted by Crippen LogP contribution is 2.41. The number of hydrogen-bond acceptors (Lipinski definition) is 5. The number of fused-ring (bicyclic) bond motifs is 2. The van der Waals surface area contributed by atoms with Crippen LogP contribution in [0.3, 0.4) is 0 Å². The van der Waals surface area contributed by atoms with Gasteiger partial charge in [0.25, 0.3) is 0 Å². The third kappa shape index (κ3) is 1.64. The minimum Gasteiger partial charge on any atom is -0.507 e. The molecule has 0 unspecified atom stereocenters. The van der Waals surface area contributed by atoms with E-state index in [0.717, 1.165) is 0 Å². The largest absolute Gasteiger partial charge is 0.507 e. The van der Waals surface area contributed by atoms with Crippen molar-refractivity contribution in [2.24, 2.45) is 0 Å².